The molecule has 0 amide bonds. The van der Waals surface area contributed by atoms with E-state index in [0.29, 0.717) is 0 Å². The molecule has 0 radical (unpaired) electrons. The first-order chi connectivity index (χ1) is 11.8. The fourth-order valence-electron chi connectivity index (χ4n) is 3.83. The van der Waals surface area contributed by atoms with E-state index in [1.165, 1.54) is 42.7 Å². The molecule has 0 saturated carbocycles. The summed E-state index contributed by atoms with van der Waals surface area (Å²) >= 11 is 0. The molecule has 5 heteroatoms. The first-order valence-electron chi connectivity index (χ1n) is 8.88. The van der Waals surface area contributed by atoms with Crippen LogP contribution < -0.4 is 0 Å². The predicted molar refractivity (Wildman–Crippen MR) is 94.7 cm³/mol. The second-order valence-electron chi connectivity index (χ2n) is 6.98. The molecule has 0 aromatic carbocycles. The van der Waals surface area contributed by atoms with Gasteiger partial charge in [-0.3, -0.25) is 9.88 Å². The molecule has 0 N–H and O–H groups in total. The number of hydrogen-bond donors (Lipinski definition) is 0. The molecule has 3 aromatic rings. The lowest BCUT2D eigenvalue weighted by Crippen LogP contribution is -2.24. The van der Waals surface area contributed by atoms with E-state index in [4.69, 9.17) is 0 Å². The van der Waals surface area contributed by atoms with Crippen LogP contribution in [0.5, 0.6) is 0 Å². The molecule has 0 unspecified atom stereocenters. The highest BCUT2D eigenvalue weighted by Crippen LogP contribution is 2.23. The fraction of sp³-hybridized carbons (Fsp3) is 0.474. The minimum atomic E-state index is 0.729. The zero-order valence-corrected chi connectivity index (χ0v) is 14.3. The second-order valence-corrected chi connectivity index (χ2v) is 6.98. The van der Waals surface area contributed by atoms with Gasteiger partial charge in [-0.1, -0.05) is 0 Å². The van der Waals surface area contributed by atoms with E-state index in [-0.39, 0.29) is 0 Å². The SMILES string of the molecule is Cn1cnc(CN2CCC[C@@H](Cc3nccn4cccc34)CC2)c1. The van der Waals surface area contributed by atoms with Crippen LogP contribution in [0.15, 0.2) is 43.2 Å². The van der Waals surface area contributed by atoms with Crippen LogP contribution in [0.2, 0.25) is 0 Å². The number of fused-ring (bicyclic) bond motifs is 1. The van der Waals surface area contributed by atoms with Gasteiger partial charge in [-0.05, 0) is 56.8 Å². The maximum absolute atomic E-state index is 4.65. The molecule has 0 bridgehead atoms. The molecule has 126 valence electrons. The Morgan fingerprint density at radius 3 is 3.00 bits per heavy atom. The van der Waals surface area contributed by atoms with Gasteiger partial charge in [-0.2, -0.15) is 0 Å². The normalized spacial score (nSPS) is 19.6. The standard InChI is InChI=1S/C19H25N5/c1-22-13-17(21-15-22)14-23-8-2-4-16(6-10-23)12-18-19-5-3-9-24(19)11-7-20-18/h3,5,7,9,11,13,15-16H,2,4,6,8,10,12,14H2,1H3/t16-/m1/s1. The topological polar surface area (TPSA) is 38.4 Å². The van der Waals surface area contributed by atoms with Gasteiger partial charge in [0.15, 0.2) is 0 Å². The lowest BCUT2D eigenvalue weighted by Gasteiger charge is -2.19. The predicted octanol–water partition coefficient (Wildman–Crippen LogP) is 2.91. The molecule has 1 aliphatic heterocycles. The number of imidazole rings is 1. The zero-order chi connectivity index (χ0) is 16.4. The summed E-state index contributed by atoms with van der Waals surface area (Å²) in [7, 11) is 2.03. The molecular weight excluding hydrogens is 298 g/mol. The minimum Gasteiger partial charge on any atom is -0.340 e. The Balaban J connectivity index is 1.39. The van der Waals surface area contributed by atoms with Crippen molar-refractivity contribution in [3.8, 4) is 0 Å². The van der Waals surface area contributed by atoms with E-state index in [2.05, 4.69) is 43.8 Å². The summed E-state index contributed by atoms with van der Waals surface area (Å²) in [6.07, 6.45) is 15.0. The largest absolute Gasteiger partial charge is 0.340 e. The lowest BCUT2D eigenvalue weighted by atomic mass is 9.95. The van der Waals surface area contributed by atoms with Gasteiger partial charge in [0.25, 0.3) is 0 Å². The van der Waals surface area contributed by atoms with Crippen LogP contribution in [-0.2, 0) is 20.0 Å². The molecule has 4 rings (SSSR count). The Morgan fingerprint density at radius 1 is 1.17 bits per heavy atom. The average Bonchev–Trinajstić information content (AvgIpc) is 3.15. The van der Waals surface area contributed by atoms with Crippen molar-refractivity contribution in [2.24, 2.45) is 13.0 Å². The van der Waals surface area contributed by atoms with Crippen LogP contribution in [0.25, 0.3) is 5.52 Å². The smallest absolute Gasteiger partial charge is 0.0947 e. The molecule has 24 heavy (non-hydrogen) atoms. The Labute approximate surface area is 143 Å². The van der Waals surface area contributed by atoms with E-state index in [1.54, 1.807) is 0 Å². The summed E-state index contributed by atoms with van der Waals surface area (Å²) in [5, 5.41) is 0. The van der Waals surface area contributed by atoms with Crippen LogP contribution >= 0.6 is 0 Å². The number of aryl methyl sites for hydroxylation is 1. The first kappa shape index (κ1) is 15.4. The van der Waals surface area contributed by atoms with Gasteiger partial charge in [0.1, 0.15) is 0 Å². The van der Waals surface area contributed by atoms with Gasteiger partial charge in [-0.25, -0.2) is 4.98 Å². The van der Waals surface area contributed by atoms with E-state index >= 15 is 0 Å². The highest BCUT2D eigenvalue weighted by molar-refractivity contribution is 5.52. The van der Waals surface area contributed by atoms with Crippen molar-refractivity contribution in [2.75, 3.05) is 13.1 Å². The quantitative estimate of drug-likeness (QED) is 0.741. The van der Waals surface area contributed by atoms with Crippen molar-refractivity contribution in [2.45, 2.75) is 32.2 Å². The number of rotatable bonds is 4. The average molecular weight is 323 g/mol. The molecular formula is C19H25N5. The summed E-state index contributed by atoms with van der Waals surface area (Å²) in [5.74, 6) is 0.729. The number of nitrogens with zero attached hydrogens (tertiary/aromatic N) is 5. The fourth-order valence-corrected chi connectivity index (χ4v) is 3.83. The first-order valence-corrected chi connectivity index (χ1v) is 8.88. The summed E-state index contributed by atoms with van der Waals surface area (Å²) in [6.45, 7) is 3.31. The van der Waals surface area contributed by atoms with Crippen molar-refractivity contribution >= 4 is 5.52 Å². The molecule has 1 fully saturated rings. The molecule has 1 atom stereocenters. The third-order valence-electron chi connectivity index (χ3n) is 5.10. The zero-order valence-electron chi connectivity index (χ0n) is 14.3. The second kappa shape index (κ2) is 6.77. The van der Waals surface area contributed by atoms with Crippen molar-refractivity contribution < 1.29 is 0 Å². The Bertz CT molecular complexity index is 803. The van der Waals surface area contributed by atoms with Crippen LogP contribution in [0.1, 0.15) is 30.7 Å². The molecule has 3 aromatic heterocycles. The third kappa shape index (κ3) is 3.36. The van der Waals surface area contributed by atoms with Crippen LogP contribution in [0.4, 0.5) is 0 Å². The lowest BCUT2D eigenvalue weighted by molar-refractivity contribution is 0.269. The molecule has 4 heterocycles. The maximum Gasteiger partial charge on any atom is 0.0947 e. The number of likely N-dealkylation sites (tertiary alicyclic amines) is 1. The Kier molecular flexibility index (Phi) is 4.34. The molecule has 0 spiro atoms. The highest BCUT2D eigenvalue weighted by atomic mass is 15.1. The Morgan fingerprint density at radius 2 is 2.12 bits per heavy atom. The van der Waals surface area contributed by atoms with E-state index < -0.39 is 0 Å². The summed E-state index contributed by atoms with van der Waals surface area (Å²) in [6, 6.07) is 4.27. The van der Waals surface area contributed by atoms with E-state index in [0.717, 1.165) is 25.4 Å². The molecule has 0 aliphatic carbocycles. The maximum atomic E-state index is 4.65. The van der Waals surface area contributed by atoms with Gasteiger partial charge in [0, 0.05) is 38.4 Å². The number of hydrogen-bond acceptors (Lipinski definition) is 3. The van der Waals surface area contributed by atoms with Gasteiger partial charge < -0.3 is 8.97 Å². The summed E-state index contributed by atoms with van der Waals surface area (Å²) in [5.41, 5.74) is 3.67. The van der Waals surface area contributed by atoms with Crippen molar-refractivity contribution in [1.29, 1.82) is 0 Å². The molecule has 1 aliphatic rings. The van der Waals surface area contributed by atoms with Crippen molar-refractivity contribution in [1.82, 2.24) is 23.8 Å². The van der Waals surface area contributed by atoms with Crippen LogP contribution in [0, 0.1) is 5.92 Å². The molecule has 5 nitrogen and oxygen atoms in total. The van der Waals surface area contributed by atoms with Gasteiger partial charge in [0.05, 0.1) is 23.2 Å². The molecule has 1 saturated heterocycles. The van der Waals surface area contributed by atoms with Gasteiger partial charge >= 0.3 is 0 Å². The van der Waals surface area contributed by atoms with Crippen LogP contribution in [0.3, 0.4) is 0 Å². The van der Waals surface area contributed by atoms with Gasteiger partial charge in [0.2, 0.25) is 0 Å². The third-order valence-corrected chi connectivity index (χ3v) is 5.10. The van der Waals surface area contributed by atoms with E-state index in [1.807, 2.05) is 30.3 Å². The summed E-state index contributed by atoms with van der Waals surface area (Å²) in [4.78, 5) is 11.7. The summed E-state index contributed by atoms with van der Waals surface area (Å²) < 4.78 is 4.20. The van der Waals surface area contributed by atoms with Crippen molar-refractivity contribution in [3.63, 3.8) is 0 Å². The highest BCUT2D eigenvalue weighted by Gasteiger charge is 2.19. The van der Waals surface area contributed by atoms with E-state index in [9.17, 15) is 0 Å². The van der Waals surface area contributed by atoms with Gasteiger partial charge in [-0.15, -0.1) is 0 Å². The van der Waals surface area contributed by atoms with Crippen LogP contribution in [-0.4, -0.2) is 36.9 Å². The minimum absolute atomic E-state index is 0.729. The monoisotopic (exact) mass is 323 g/mol. The van der Waals surface area contributed by atoms with Crippen molar-refractivity contribution in [3.05, 3.63) is 54.6 Å². The number of aromatic nitrogens is 4. The Hall–Kier alpha value is -2.14.